The highest BCUT2D eigenvalue weighted by Crippen LogP contribution is 2.30. The zero-order valence-corrected chi connectivity index (χ0v) is 9.91. The Labute approximate surface area is 109 Å². The largest absolute Gasteiger partial charge is 0.506 e. The van der Waals surface area contributed by atoms with E-state index < -0.39 is 0 Å². The van der Waals surface area contributed by atoms with Crippen molar-refractivity contribution in [2.24, 2.45) is 0 Å². The molecule has 2 heterocycles. The van der Waals surface area contributed by atoms with Gasteiger partial charge in [0, 0.05) is 5.69 Å². The van der Waals surface area contributed by atoms with Crippen LogP contribution in [0, 0.1) is 11.3 Å². The van der Waals surface area contributed by atoms with Crippen LogP contribution in [-0.2, 0) is 0 Å². The van der Waals surface area contributed by atoms with E-state index in [1.54, 1.807) is 16.8 Å². The predicted molar refractivity (Wildman–Crippen MR) is 71.9 cm³/mol. The van der Waals surface area contributed by atoms with Crippen molar-refractivity contribution in [1.29, 1.82) is 5.26 Å². The Balaban J connectivity index is 2.35. The van der Waals surface area contributed by atoms with E-state index in [4.69, 9.17) is 11.0 Å². The van der Waals surface area contributed by atoms with Gasteiger partial charge in [0.1, 0.15) is 17.6 Å². The van der Waals surface area contributed by atoms with Crippen molar-refractivity contribution in [3.8, 4) is 17.5 Å². The smallest absolute Gasteiger partial charge is 0.150 e. The van der Waals surface area contributed by atoms with Crippen molar-refractivity contribution in [2.45, 2.75) is 0 Å². The number of aromatic hydroxyl groups is 1. The van der Waals surface area contributed by atoms with Crippen LogP contribution in [0.15, 0.2) is 42.6 Å². The molecule has 0 aliphatic rings. The minimum absolute atomic E-state index is 0.0721. The first-order chi connectivity index (χ1) is 9.20. The van der Waals surface area contributed by atoms with Crippen molar-refractivity contribution in [1.82, 2.24) is 9.55 Å². The standard InChI is InChI=1S/C14H10N4O/c15-7-9-6-11-12(19)8-18(14(11)17-13(9)16)10-4-2-1-3-5-10/h1-6,8,19H,(H2,16,17). The molecule has 0 amide bonds. The summed E-state index contributed by atoms with van der Waals surface area (Å²) < 4.78 is 1.74. The number of nitriles is 1. The average molecular weight is 250 g/mol. The molecular weight excluding hydrogens is 240 g/mol. The van der Waals surface area contributed by atoms with Crippen LogP contribution < -0.4 is 5.73 Å². The molecular formula is C14H10N4O. The third-order valence-electron chi connectivity index (χ3n) is 2.94. The first-order valence-corrected chi connectivity index (χ1v) is 5.67. The summed E-state index contributed by atoms with van der Waals surface area (Å²) in [6.45, 7) is 0. The number of benzene rings is 1. The summed E-state index contributed by atoms with van der Waals surface area (Å²) in [6, 6.07) is 13.0. The Morgan fingerprint density at radius 3 is 2.68 bits per heavy atom. The molecule has 0 aliphatic heterocycles. The minimum Gasteiger partial charge on any atom is -0.506 e. The van der Waals surface area contributed by atoms with Gasteiger partial charge in [0.25, 0.3) is 0 Å². The second-order valence-corrected chi connectivity index (χ2v) is 4.12. The summed E-state index contributed by atoms with van der Waals surface area (Å²) in [6.07, 6.45) is 1.56. The van der Waals surface area contributed by atoms with Gasteiger partial charge < -0.3 is 10.8 Å². The molecule has 0 atom stereocenters. The molecule has 0 saturated carbocycles. The van der Waals surface area contributed by atoms with Crippen LogP contribution in [0.1, 0.15) is 5.56 Å². The third kappa shape index (κ3) is 1.67. The first-order valence-electron chi connectivity index (χ1n) is 5.67. The third-order valence-corrected chi connectivity index (χ3v) is 2.94. The molecule has 1 aromatic carbocycles. The highest BCUT2D eigenvalue weighted by atomic mass is 16.3. The number of pyridine rings is 1. The van der Waals surface area contributed by atoms with Crippen LogP contribution in [0.2, 0.25) is 0 Å². The lowest BCUT2D eigenvalue weighted by atomic mass is 10.2. The van der Waals surface area contributed by atoms with E-state index in [0.717, 1.165) is 5.69 Å². The normalized spacial score (nSPS) is 10.5. The lowest BCUT2D eigenvalue weighted by molar-refractivity contribution is 0.480. The Hall–Kier alpha value is -3.00. The summed E-state index contributed by atoms with van der Waals surface area (Å²) in [5.41, 5.74) is 7.38. The molecule has 0 aliphatic carbocycles. The number of aromatic nitrogens is 2. The Kier molecular flexibility index (Phi) is 2.36. The predicted octanol–water partition coefficient (Wildman–Crippen LogP) is 2.18. The van der Waals surface area contributed by atoms with Gasteiger partial charge >= 0.3 is 0 Å². The van der Waals surface area contributed by atoms with Gasteiger partial charge in [-0.15, -0.1) is 0 Å². The maximum atomic E-state index is 9.95. The van der Waals surface area contributed by atoms with Crippen LogP contribution >= 0.6 is 0 Å². The fourth-order valence-corrected chi connectivity index (χ4v) is 2.02. The van der Waals surface area contributed by atoms with Gasteiger partial charge in [-0.05, 0) is 18.2 Å². The molecule has 2 aromatic heterocycles. The quantitative estimate of drug-likeness (QED) is 0.692. The van der Waals surface area contributed by atoms with Crippen molar-refractivity contribution in [2.75, 3.05) is 5.73 Å². The van der Waals surface area contributed by atoms with Gasteiger partial charge in [-0.25, -0.2) is 4.98 Å². The van der Waals surface area contributed by atoms with Crippen LogP contribution in [0.3, 0.4) is 0 Å². The van der Waals surface area contributed by atoms with E-state index in [9.17, 15) is 5.11 Å². The molecule has 5 heteroatoms. The number of hydrogen-bond acceptors (Lipinski definition) is 4. The summed E-state index contributed by atoms with van der Waals surface area (Å²) >= 11 is 0. The molecule has 0 fully saturated rings. The zero-order chi connectivity index (χ0) is 13.4. The monoisotopic (exact) mass is 250 g/mol. The van der Waals surface area contributed by atoms with Gasteiger partial charge in [0.15, 0.2) is 5.65 Å². The number of nitrogens with zero attached hydrogens (tertiary/aromatic N) is 3. The molecule has 19 heavy (non-hydrogen) atoms. The number of para-hydroxylation sites is 1. The molecule has 0 unspecified atom stereocenters. The molecule has 92 valence electrons. The highest BCUT2D eigenvalue weighted by Gasteiger charge is 2.13. The Bertz CT molecular complexity index is 800. The fraction of sp³-hybridized carbons (Fsp3) is 0. The van der Waals surface area contributed by atoms with E-state index in [-0.39, 0.29) is 17.1 Å². The summed E-state index contributed by atoms with van der Waals surface area (Å²) in [5.74, 6) is 0.230. The summed E-state index contributed by atoms with van der Waals surface area (Å²) in [7, 11) is 0. The van der Waals surface area contributed by atoms with E-state index in [1.165, 1.54) is 0 Å². The SMILES string of the molecule is N#Cc1cc2c(O)cn(-c3ccccc3)c2nc1N. The Morgan fingerprint density at radius 2 is 2.00 bits per heavy atom. The second-order valence-electron chi connectivity index (χ2n) is 4.12. The second kappa shape index (κ2) is 4.03. The topological polar surface area (TPSA) is 87.9 Å². The molecule has 3 aromatic rings. The van der Waals surface area contributed by atoms with Crippen LogP contribution in [0.4, 0.5) is 5.82 Å². The molecule has 3 rings (SSSR count). The van der Waals surface area contributed by atoms with Crippen molar-refractivity contribution < 1.29 is 5.11 Å². The van der Waals surface area contributed by atoms with Gasteiger partial charge in [-0.3, -0.25) is 4.57 Å². The van der Waals surface area contributed by atoms with Crippen molar-refractivity contribution in [3.05, 3.63) is 48.2 Å². The van der Waals surface area contributed by atoms with Gasteiger partial charge in [-0.2, -0.15) is 5.26 Å². The molecule has 0 spiro atoms. The maximum absolute atomic E-state index is 9.95. The minimum atomic E-state index is 0.0721. The van der Waals surface area contributed by atoms with Gasteiger partial charge in [-0.1, -0.05) is 18.2 Å². The van der Waals surface area contributed by atoms with E-state index >= 15 is 0 Å². The van der Waals surface area contributed by atoms with E-state index in [0.29, 0.717) is 11.0 Å². The molecule has 5 nitrogen and oxygen atoms in total. The number of hydrogen-bond donors (Lipinski definition) is 2. The lowest BCUT2D eigenvalue weighted by Crippen LogP contribution is -1.98. The first kappa shape index (κ1) is 11.1. The van der Waals surface area contributed by atoms with Gasteiger partial charge in [0.05, 0.1) is 17.1 Å². The van der Waals surface area contributed by atoms with E-state index in [1.807, 2.05) is 36.4 Å². The van der Waals surface area contributed by atoms with Crippen molar-refractivity contribution >= 4 is 16.9 Å². The summed E-state index contributed by atoms with van der Waals surface area (Å²) in [4.78, 5) is 4.20. The van der Waals surface area contributed by atoms with Crippen LogP contribution in [-0.4, -0.2) is 14.7 Å². The molecule has 0 bridgehead atoms. The zero-order valence-electron chi connectivity index (χ0n) is 9.91. The number of nitrogens with two attached hydrogens (primary N) is 1. The molecule has 3 N–H and O–H groups in total. The number of rotatable bonds is 1. The number of nitrogen functional groups attached to an aromatic ring is 1. The highest BCUT2D eigenvalue weighted by molar-refractivity contribution is 5.88. The fourth-order valence-electron chi connectivity index (χ4n) is 2.02. The number of fused-ring (bicyclic) bond motifs is 1. The van der Waals surface area contributed by atoms with Crippen LogP contribution in [0.25, 0.3) is 16.7 Å². The lowest BCUT2D eigenvalue weighted by Gasteiger charge is -2.04. The Morgan fingerprint density at radius 1 is 1.26 bits per heavy atom. The molecule has 0 radical (unpaired) electrons. The average Bonchev–Trinajstić information content (AvgIpc) is 2.75. The van der Waals surface area contributed by atoms with Gasteiger partial charge in [0.2, 0.25) is 0 Å². The van der Waals surface area contributed by atoms with Crippen molar-refractivity contribution in [3.63, 3.8) is 0 Å². The van der Waals surface area contributed by atoms with E-state index in [2.05, 4.69) is 4.98 Å². The maximum Gasteiger partial charge on any atom is 0.150 e. The molecule has 0 saturated heterocycles. The number of anilines is 1. The van der Waals surface area contributed by atoms with Crippen LogP contribution in [0.5, 0.6) is 5.75 Å². The summed E-state index contributed by atoms with van der Waals surface area (Å²) in [5, 5.41) is 19.4.